The van der Waals surface area contributed by atoms with E-state index in [2.05, 4.69) is 0 Å². The third-order valence-electron chi connectivity index (χ3n) is 4.65. The van der Waals surface area contributed by atoms with Crippen LogP contribution in [0.3, 0.4) is 0 Å². The van der Waals surface area contributed by atoms with Crippen molar-refractivity contribution in [2.24, 2.45) is 14.1 Å². The standard InChI is InChI=1S/C20H17N3O3S/c1-21-15-9-8-14(10-16(15)22(2)19(21)25)11-17-18(24)23(20(26)27-17)12-13-6-4-3-5-7-13/h3-11H,12H2,1-2H3/b17-11+. The summed E-state index contributed by atoms with van der Waals surface area (Å²) in [5.41, 5.74) is 3.16. The Kier molecular flexibility index (Phi) is 4.24. The highest BCUT2D eigenvalue weighted by Crippen LogP contribution is 2.33. The van der Waals surface area contributed by atoms with Gasteiger partial charge in [0, 0.05) is 14.1 Å². The van der Waals surface area contributed by atoms with Gasteiger partial charge in [0.05, 0.1) is 22.5 Å². The van der Waals surface area contributed by atoms with Gasteiger partial charge in [-0.2, -0.15) is 0 Å². The van der Waals surface area contributed by atoms with Crippen molar-refractivity contribution in [2.75, 3.05) is 0 Å². The van der Waals surface area contributed by atoms with E-state index in [4.69, 9.17) is 0 Å². The SMILES string of the molecule is Cn1c(=O)n(C)c2cc(/C=C3/SC(=O)N(Cc4ccccc4)C3=O)ccc21. The van der Waals surface area contributed by atoms with E-state index in [0.717, 1.165) is 33.9 Å². The molecule has 1 aromatic heterocycles. The summed E-state index contributed by atoms with van der Waals surface area (Å²) in [4.78, 5) is 38.6. The van der Waals surface area contributed by atoms with Gasteiger partial charge in [0.1, 0.15) is 0 Å². The molecule has 136 valence electrons. The molecule has 0 unspecified atom stereocenters. The molecule has 3 aromatic rings. The molecule has 27 heavy (non-hydrogen) atoms. The Balaban J connectivity index is 1.65. The number of benzene rings is 2. The van der Waals surface area contributed by atoms with Crippen LogP contribution in [-0.4, -0.2) is 25.2 Å². The van der Waals surface area contributed by atoms with Crippen LogP contribution < -0.4 is 5.69 Å². The zero-order chi connectivity index (χ0) is 19.1. The summed E-state index contributed by atoms with van der Waals surface area (Å²) < 4.78 is 3.14. The highest BCUT2D eigenvalue weighted by Gasteiger charge is 2.34. The molecule has 0 bridgehead atoms. The van der Waals surface area contributed by atoms with Gasteiger partial charge >= 0.3 is 5.69 Å². The molecule has 1 aliphatic heterocycles. The fraction of sp³-hybridized carbons (Fsp3) is 0.150. The summed E-state index contributed by atoms with van der Waals surface area (Å²) in [7, 11) is 3.43. The summed E-state index contributed by atoms with van der Waals surface area (Å²) in [6, 6.07) is 15.0. The molecule has 2 aromatic carbocycles. The maximum atomic E-state index is 12.7. The predicted octanol–water partition coefficient (Wildman–Crippen LogP) is 3.11. The van der Waals surface area contributed by atoms with Crippen LogP contribution in [0.4, 0.5) is 4.79 Å². The van der Waals surface area contributed by atoms with E-state index >= 15 is 0 Å². The quantitative estimate of drug-likeness (QED) is 0.656. The zero-order valence-corrected chi connectivity index (χ0v) is 15.7. The van der Waals surface area contributed by atoms with Crippen molar-refractivity contribution in [3.05, 3.63) is 75.0 Å². The molecule has 0 saturated carbocycles. The number of thioether (sulfide) groups is 1. The number of carbonyl (C=O) groups excluding carboxylic acids is 2. The van der Waals surface area contributed by atoms with Crippen LogP contribution in [0.15, 0.2) is 58.2 Å². The third-order valence-corrected chi connectivity index (χ3v) is 5.56. The summed E-state index contributed by atoms with van der Waals surface area (Å²) >= 11 is 0.939. The lowest BCUT2D eigenvalue weighted by molar-refractivity contribution is -0.123. The first-order valence-electron chi connectivity index (χ1n) is 8.40. The molecular weight excluding hydrogens is 362 g/mol. The Morgan fingerprint density at radius 1 is 0.926 bits per heavy atom. The lowest BCUT2D eigenvalue weighted by Crippen LogP contribution is -2.27. The van der Waals surface area contributed by atoms with Gasteiger partial charge in [-0.3, -0.25) is 23.6 Å². The Hall–Kier alpha value is -3.06. The highest BCUT2D eigenvalue weighted by molar-refractivity contribution is 8.18. The number of nitrogens with zero attached hydrogens (tertiary/aromatic N) is 3. The first-order valence-corrected chi connectivity index (χ1v) is 9.22. The number of imide groups is 1. The van der Waals surface area contributed by atoms with Gasteiger partial charge in [0.25, 0.3) is 11.1 Å². The Morgan fingerprint density at radius 2 is 1.63 bits per heavy atom. The number of fused-ring (bicyclic) bond motifs is 1. The molecule has 1 fully saturated rings. The molecular formula is C20H17N3O3S. The first-order chi connectivity index (χ1) is 13.0. The summed E-state index contributed by atoms with van der Waals surface area (Å²) in [6.07, 6.45) is 1.70. The maximum absolute atomic E-state index is 12.7. The van der Waals surface area contributed by atoms with E-state index in [1.807, 2.05) is 48.5 Å². The van der Waals surface area contributed by atoms with Crippen molar-refractivity contribution in [2.45, 2.75) is 6.54 Å². The minimum Gasteiger partial charge on any atom is -0.295 e. The number of aromatic nitrogens is 2. The van der Waals surface area contributed by atoms with E-state index in [9.17, 15) is 14.4 Å². The average molecular weight is 379 g/mol. The van der Waals surface area contributed by atoms with Crippen LogP contribution in [0, 0.1) is 0 Å². The molecule has 0 radical (unpaired) electrons. The second-order valence-corrected chi connectivity index (χ2v) is 7.40. The molecule has 1 aliphatic rings. The van der Waals surface area contributed by atoms with E-state index in [1.165, 1.54) is 4.90 Å². The van der Waals surface area contributed by atoms with Crippen LogP contribution >= 0.6 is 11.8 Å². The predicted molar refractivity (Wildman–Crippen MR) is 106 cm³/mol. The van der Waals surface area contributed by atoms with Gasteiger partial charge in [-0.15, -0.1) is 0 Å². The van der Waals surface area contributed by atoms with Gasteiger partial charge in [-0.1, -0.05) is 36.4 Å². The normalized spacial score (nSPS) is 16.1. The van der Waals surface area contributed by atoms with Crippen LogP contribution in [0.1, 0.15) is 11.1 Å². The molecule has 4 rings (SSSR count). The van der Waals surface area contributed by atoms with Gasteiger partial charge in [0.15, 0.2) is 0 Å². The molecule has 0 aliphatic carbocycles. The first kappa shape index (κ1) is 17.4. The van der Waals surface area contributed by atoms with Crippen molar-refractivity contribution < 1.29 is 9.59 Å². The van der Waals surface area contributed by atoms with Gasteiger partial charge in [-0.25, -0.2) is 4.79 Å². The van der Waals surface area contributed by atoms with Crippen molar-refractivity contribution in [1.82, 2.24) is 14.0 Å². The number of aryl methyl sites for hydroxylation is 2. The molecule has 0 spiro atoms. The molecule has 2 amide bonds. The molecule has 2 heterocycles. The maximum Gasteiger partial charge on any atom is 0.328 e. The van der Waals surface area contributed by atoms with Crippen molar-refractivity contribution in [3.63, 3.8) is 0 Å². The molecule has 7 heteroatoms. The highest BCUT2D eigenvalue weighted by atomic mass is 32.2. The summed E-state index contributed by atoms with van der Waals surface area (Å²) in [5, 5.41) is -0.275. The summed E-state index contributed by atoms with van der Waals surface area (Å²) in [6.45, 7) is 0.259. The Bertz CT molecular complexity index is 1160. The zero-order valence-electron chi connectivity index (χ0n) is 14.9. The number of hydrogen-bond acceptors (Lipinski definition) is 4. The third kappa shape index (κ3) is 3.00. The second kappa shape index (κ2) is 6.59. The van der Waals surface area contributed by atoms with E-state index in [0.29, 0.717) is 4.91 Å². The van der Waals surface area contributed by atoms with Crippen molar-refractivity contribution in [1.29, 1.82) is 0 Å². The van der Waals surface area contributed by atoms with Gasteiger partial charge < -0.3 is 0 Å². The van der Waals surface area contributed by atoms with E-state index in [-0.39, 0.29) is 23.4 Å². The number of rotatable bonds is 3. The molecule has 6 nitrogen and oxygen atoms in total. The lowest BCUT2D eigenvalue weighted by atomic mass is 10.1. The van der Waals surface area contributed by atoms with Crippen LogP contribution in [0.25, 0.3) is 17.1 Å². The molecule has 0 N–H and O–H groups in total. The largest absolute Gasteiger partial charge is 0.328 e. The minimum absolute atomic E-state index is 0.106. The van der Waals surface area contributed by atoms with E-state index in [1.54, 1.807) is 29.3 Å². The lowest BCUT2D eigenvalue weighted by Gasteiger charge is -2.12. The second-order valence-electron chi connectivity index (χ2n) is 6.40. The summed E-state index contributed by atoms with van der Waals surface area (Å²) in [5.74, 6) is -0.295. The van der Waals surface area contributed by atoms with E-state index < -0.39 is 0 Å². The Labute approximate surface area is 159 Å². The van der Waals surface area contributed by atoms with Crippen LogP contribution in [0.5, 0.6) is 0 Å². The van der Waals surface area contributed by atoms with Gasteiger partial charge in [-0.05, 0) is 41.1 Å². The minimum atomic E-state index is -0.295. The molecule has 0 atom stereocenters. The van der Waals surface area contributed by atoms with Crippen molar-refractivity contribution >= 4 is 40.0 Å². The average Bonchev–Trinajstić information content (AvgIpc) is 3.05. The smallest absolute Gasteiger partial charge is 0.295 e. The monoisotopic (exact) mass is 379 g/mol. The number of hydrogen-bond donors (Lipinski definition) is 0. The van der Waals surface area contributed by atoms with Gasteiger partial charge in [0.2, 0.25) is 0 Å². The molecule has 1 saturated heterocycles. The van der Waals surface area contributed by atoms with Crippen LogP contribution in [0.2, 0.25) is 0 Å². The van der Waals surface area contributed by atoms with Crippen molar-refractivity contribution in [3.8, 4) is 0 Å². The van der Waals surface area contributed by atoms with Crippen LogP contribution in [-0.2, 0) is 25.4 Å². The number of carbonyl (C=O) groups is 2. The number of imidazole rings is 1. The number of amides is 2. The topological polar surface area (TPSA) is 64.3 Å². The fourth-order valence-corrected chi connectivity index (χ4v) is 4.01. The Morgan fingerprint density at radius 3 is 2.37 bits per heavy atom. The fourth-order valence-electron chi connectivity index (χ4n) is 3.17.